The lowest BCUT2D eigenvalue weighted by Crippen LogP contribution is -2.50. The van der Waals surface area contributed by atoms with E-state index in [9.17, 15) is 32.7 Å². The molecule has 1 saturated carbocycles. The van der Waals surface area contributed by atoms with Crippen LogP contribution in [0.15, 0.2) is 60.7 Å². The number of aliphatic hydroxyl groups is 1. The Morgan fingerprint density at radius 1 is 1.00 bits per heavy atom. The minimum atomic E-state index is -4.40. The Hall–Kier alpha value is -3.26. The van der Waals surface area contributed by atoms with Gasteiger partial charge in [0.05, 0.1) is 22.5 Å². The van der Waals surface area contributed by atoms with Gasteiger partial charge in [0.1, 0.15) is 0 Å². The number of allylic oxidation sites excluding steroid dienone is 2. The summed E-state index contributed by atoms with van der Waals surface area (Å²) in [6.07, 6.45) is 1.03. The van der Waals surface area contributed by atoms with Gasteiger partial charge < -0.3 is 10.0 Å². The normalized spacial score (nSPS) is 23.0. The lowest BCUT2D eigenvalue weighted by atomic mass is 9.77. The first kappa shape index (κ1) is 30.7. The van der Waals surface area contributed by atoms with Crippen molar-refractivity contribution < 1.29 is 32.7 Å². The molecule has 3 atom stereocenters. The number of halogens is 3. The molecule has 0 radical (unpaired) electrons. The molecule has 4 rings (SSSR count). The highest BCUT2D eigenvalue weighted by Crippen LogP contribution is 2.63. The van der Waals surface area contributed by atoms with E-state index < -0.39 is 40.2 Å². The fourth-order valence-electron chi connectivity index (χ4n) is 6.34. The summed E-state index contributed by atoms with van der Waals surface area (Å²) in [5.74, 6) is -1.85. The topological polar surface area (TPSA) is 74.7 Å². The van der Waals surface area contributed by atoms with E-state index in [1.165, 1.54) is 19.1 Å². The van der Waals surface area contributed by atoms with Crippen LogP contribution in [0.2, 0.25) is 0 Å². The number of carbonyl (C=O) groups is 3. The van der Waals surface area contributed by atoms with Gasteiger partial charge >= 0.3 is 6.18 Å². The average molecular weight is 570 g/mol. The van der Waals surface area contributed by atoms with Gasteiger partial charge in [-0.3, -0.25) is 14.4 Å². The number of alkyl halides is 3. The zero-order chi connectivity index (χ0) is 30.2. The maximum atomic E-state index is 14.0. The highest BCUT2D eigenvalue weighted by Gasteiger charge is 2.67. The molecule has 1 heterocycles. The molecule has 220 valence electrons. The van der Waals surface area contributed by atoms with Crippen LogP contribution in [0.1, 0.15) is 64.5 Å². The number of amides is 1. The van der Waals surface area contributed by atoms with Gasteiger partial charge in [0.2, 0.25) is 11.7 Å². The van der Waals surface area contributed by atoms with Crippen molar-refractivity contribution in [2.24, 2.45) is 23.2 Å². The molecule has 1 aliphatic heterocycles. The molecule has 0 spiro atoms. The molecule has 1 aliphatic carbocycles. The van der Waals surface area contributed by atoms with E-state index in [2.05, 4.69) is 0 Å². The fraction of sp³-hybridized carbons (Fsp3) is 0.485. The van der Waals surface area contributed by atoms with Gasteiger partial charge in [-0.2, -0.15) is 13.2 Å². The number of ketones is 2. The SMILES string of the molecule is CC/C=C/C(C(=O)C(C)=O)C1(C(=O)N2CCC(O)(c3ccc(-c4ccc(C(F)(F)F)cc4)cc3)CC2)CC1C(C)C. The first-order chi connectivity index (χ1) is 19.2. The number of Topliss-reactive ketones (excluding diaryl/α,β-unsaturated/α-hetero) is 2. The number of benzene rings is 2. The number of carbonyl (C=O) groups excluding carboxylic acids is 3. The molecule has 1 amide bonds. The maximum absolute atomic E-state index is 14.0. The monoisotopic (exact) mass is 569 g/mol. The number of likely N-dealkylation sites (tertiary alicyclic amines) is 1. The molecule has 3 unspecified atom stereocenters. The lowest BCUT2D eigenvalue weighted by molar-refractivity contribution is -0.148. The summed E-state index contributed by atoms with van der Waals surface area (Å²) in [6.45, 7) is 7.87. The standard InChI is InChI=1S/C33H38F3NO4/c1-5-6-7-27(29(39)22(4)38)32(20-28(32)21(2)3)30(40)37-18-16-31(41,17-19-37)25-12-8-23(9-13-25)24-10-14-26(15-11-24)33(34,35)36/h6-15,21,27-28,41H,5,16-20H2,1-4H3/b7-6+. The van der Waals surface area contributed by atoms with Gasteiger partial charge in [0, 0.05) is 20.0 Å². The number of rotatable bonds is 9. The second-order valence-corrected chi connectivity index (χ2v) is 11.8. The predicted molar refractivity (Wildman–Crippen MR) is 151 cm³/mol. The minimum absolute atomic E-state index is 0.0108. The average Bonchev–Trinajstić information content (AvgIpc) is 3.70. The number of nitrogens with zero attached hydrogens (tertiary/aromatic N) is 1. The van der Waals surface area contributed by atoms with Crippen LogP contribution in [0.25, 0.3) is 11.1 Å². The lowest BCUT2D eigenvalue weighted by Gasteiger charge is -2.41. The summed E-state index contributed by atoms with van der Waals surface area (Å²) in [5, 5.41) is 11.5. The van der Waals surface area contributed by atoms with E-state index in [4.69, 9.17) is 0 Å². The second kappa shape index (κ2) is 11.6. The van der Waals surface area contributed by atoms with Gasteiger partial charge in [0.15, 0.2) is 5.78 Å². The molecule has 5 nitrogen and oxygen atoms in total. The Labute approximate surface area is 239 Å². The zero-order valence-corrected chi connectivity index (χ0v) is 24.0. The highest BCUT2D eigenvalue weighted by atomic mass is 19.4. The Balaban J connectivity index is 1.50. The van der Waals surface area contributed by atoms with Crippen molar-refractivity contribution in [2.45, 2.75) is 65.2 Å². The third kappa shape index (κ3) is 6.03. The van der Waals surface area contributed by atoms with Gasteiger partial charge in [0.25, 0.3) is 0 Å². The van der Waals surface area contributed by atoms with Gasteiger partial charge in [-0.25, -0.2) is 0 Å². The van der Waals surface area contributed by atoms with E-state index >= 15 is 0 Å². The third-order valence-electron chi connectivity index (χ3n) is 8.86. The molecule has 1 N–H and O–H groups in total. The van der Waals surface area contributed by atoms with Crippen LogP contribution in [0.3, 0.4) is 0 Å². The van der Waals surface area contributed by atoms with E-state index in [0.717, 1.165) is 17.7 Å². The quantitative estimate of drug-likeness (QED) is 0.273. The van der Waals surface area contributed by atoms with Crippen molar-refractivity contribution in [3.8, 4) is 11.1 Å². The van der Waals surface area contributed by atoms with Crippen molar-refractivity contribution in [1.29, 1.82) is 0 Å². The Morgan fingerprint density at radius 2 is 1.54 bits per heavy atom. The molecular weight excluding hydrogens is 531 g/mol. The largest absolute Gasteiger partial charge is 0.416 e. The molecule has 2 aromatic carbocycles. The number of hydrogen-bond donors (Lipinski definition) is 1. The van der Waals surface area contributed by atoms with Crippen molar-refractivity contribution >= 4 is 17.5 Å². The van der Waals surface area contributed by atoms with Gasteiger partial charge in [-0.1, -0.05) is 69.3 Å². The van der Waals surface area contributed by atoms with Crippen LogP contribution in [0.5, 0.6) is 0 Å². The van der Waals surface area contributed by atoms with Crippen molar-refractivity contribution in [1.82, 2.24) is 4.90 Å². The van der Waals surface area contributed by atoms with Crippen LogP contribution in [0, 0.1) is 23.2 Å². The van der Waals surface area contributed by atoms with E-state index in [1.54, 1.807) is 35.2 Å². The molecular formula is C33H38F3NO4. The summed E-state index contributed by atoms with van der Waals surface area (Å²) in [6, 6.07) is 12.1. The molecule has 1 saturated heterocycles. The maximum Gasteiger partial charge on any atom is 0.416 e. The van der Waals surface area contributed by atoms with Crippen LogP contribution >= 0.6 is 0 Å². The Bertz CT molecular complexity index is 1310. The Kier molecular flexibility index (Phi) is 8.65. The van der Waals surface area contributed by atoms with Crippen molar-refractivity contribution in [3.63, 3.8) is 0 Å². The molecule has 8 heteroatoms. The molecule has 41 heavy (non-hydrogen) atoms. The summed E-state index contributed by atoms with van der Waals surface area (Å²) >= 11 is 0. The summed E-state index contributed by atoms with van der Waals surface area (Å²) in [7, 11) is 0. The molecule has 0 bridgehead atoms. The van der Waals surface area contributed by atoms with Gasteiger partial charge in [-0.05, 0) is 66.3 Å². The minimum Gasteiger partial charge on any atom is -0.385 e. The molecule has 2 aliphatic rings. The van der Waals surface area contributed by atoms with Crippen molar-refractivity contribution in [3.05, 3.63) is 71.8 Å². The zero-order valence-electron chi connectivity index (χ0n) is 24.0. The molecule has 0 aromatic heterocycles. The number of piperidine rings is 1. The fourth-order valence-corrected chi connectivity index (χ4v) is 6.34. The molecule has 2 aromatic rings. The van der Waals surface area contributed by atoms with E-state index in [1.807, 2.05) is 26.8 Å². The highest BCUT2D eigenvalue weighted by molar-refractivity contribution is 6.38. The summed E-state index contributed by atoms with van der Waals surface area (Å²) in [4.78, 5) is 40.9. The first-order valence-corrected chi connectivity index (χ1v) is 14.3. The van der Waals surface area contributed by atoms with Crippen LogP contribution in [-0.2, 0) is 26.2 Å². The molecule has 2 fully saturated rings. The van der Waals surface area contributed by atoms with Crippen LogP contribution in [0.4, 0.5) is 13.2 Å². The van der Waals surface area contributed by atoms with Gasteiger partial charge in [-0.15, -0.1) is 0 Å². The predicted octanol–water partition coefficient (Wildman–Crippen LogP) is 6.59. The second-order valence-electron chi connectivity index (χ2n) is 11.8. The smallest absolute Gasteiger partial charge is 0.385 e. The number of hydrogen-bond acceptors (Lipinski definition) is 4. The van der Waals surface area contributed by atoms with E-state index in [-0.39, 0.29) is 17.7 Å². The van der Waals surface area contributed by atoms with E-state index in [0.29, 0.717) is 49.9 Å². The third-order valence-corrected chi connectivity index (χ3v) is 8.86. The van der Waals surface area contributed by atoms with Crippen LogP contribution < -0.4 is 0 Å². The van der Waals surface area contributed by atoms with Crippen molar-refractivity contribution in [2.75, 3.05) is 13.1 Å². The first-order valence-electron chi connectivity index (χ1n) is 14.3. The Morgan fingerprint density at radius 3 is 1.98 bits per heavy atom. The summed E-state index contributed by atoms with van der Waals surface area (Å²) < 4.78 is 38.7. The summed E-state index contributed by atoms with van der Waals surface area (Å²) in [5.41, 5.74) is -0.771. The van der Waals surface area contributed by atoms with Crippen LogP contribution in [-0.4, -0.2) is 40.6 Å².